The van der Waals surface area contributed by atoms with E-state index in [0.717, 1.165) is 11.6 Å². The van der Waals surface area contributed by atoms with Crippen LogP contribution in [0.25, 0.3) is 0 Å². The first-order chi connectivity index (χ1) is 13.8. The zero-order valence-corrected chi connectivity index (χ0v) is 16.6. The van der Waals surface area contributed by atoms with Gasteiger partial charge in [0, 0.05) is 12.6 Å². The fraction of sp³-hybridized carbons (Fsp3) is 0.174. The normalized spacial score (nSPS) is 13.6. The summed E-state index contributed by atoms with van der Waals surface area (Å²) in [5.74, 6) is 0. The third-order valence-electron chi connectivity index (χ3n) is 4.92. The maximum Gasteiger partial charge on any atom is 0.416 e. The summed E-state index contributed by atoms with van der Waals surface area (Å²) in [6.45, 7) is 5.25. The van der Waals surface area contributed by atoms with E-state index in [9.17, 15) is 13.2 Å². The van der Waals surface area contributed by atoms with Gasteiger partial charge in [0.1, 0.15) is 5.54 Å². The van der Waals surface area contributed by atoms with Crippen molar-refractivity contribution < 1.29 is 13.2 Å². The first-order valence-corrected chi connectivity index (χ1v) is 9.37. The summed E-state index contributed by atoms with van der Waals surface area (Å²) in [6, 6.07) is 17.1. The van der Waals surface area contributed by atoms with Crippen LogP contribution >= 0.6 is 11.6 Å². The number of aromatic nitrogens is 1. The van der Waals surface area contributed by atoms with Crippen LogP contribution in [0.5, 0.6) is 0 Å². The van der Waals surface area contributed by atoms with Crippen molar-refractivity contribution in [2.24, 2.45) is 0 Å². The number of alkyl halides is 3. The van der Waals surface area contributed by atoms with E-state index in [0.29, 0.717) is 22.7 Å². The summed E-state index contributed by atoms with van der Waals surface area (Å²) >= 11 is 6.01. The van der Waals surface area contributed by atoms with Crippen LogP contribution in [-0.4, -0.2) is 4.98 Å². The summed E-state index contributed by atoms with van der Waals surface area (Å²) in [7, 11) is 0. The number of halogens is 4. The standard InChI is InChI=1S/C23H20ClF3N2/c1-3-29-22(14-17-8-5-4-6-9-17,21-13-12-18(24)15-28-21)19-10-7-11-20(16(19)2)23(25,26)27/h3-13,15,29H,1,14H2,2H3/t22-/m0/s1. The largest absolute Gasteiger partial charge is 0.416 e. The lowest BCUT2D eigenvalue weighted by molar-refractivity contribution is -0.138. The third-order valence-corrected chi connectivity index (χ3v) is 5.15. The number of rotatable bonds is 6. The Morgan fingerprint density at radius 3 is 2.28 bits per heavy atom. The molecule has 150 valence electrons. The maximum absolute atomic E-state index is 13.6. The Morgan fingerprint density at radius 1 is 1.00 bits per heavy atom. The SMILES string of the molecule is C=CN[C@](Cc1ccccc1)(c1ccc(Cl)cn1)c1cccc(C(F)(F)F)c1C. The number of hydrogen-bond donors (Lipinski definition) is 1. The van der Waals surface area contributed by atoms with Gasteiger partial charge in [-0.3, -0.25) is 4.98 Å². The topological polar surface area (TPSA) is 24.9 Å². The molecule has 2 aromatic carbocycles. The Morgan fingerprint density at radius 2 is 1.69 bits per heavy atom. The van der Waals surface area contributed by atoms with E-state index in [1.165, 1.54) is 25.4 Å². The molecule has 1 heterocycles. The van der Waals surface area contributed by atoms with Gasteiger partial charge in [0.05, 0.1) is 16.3 Å². The highest BCUT2D eigenvalue weighted by Crippen LogP contribution is 2.40. The molecule has 0 aliphatic heterocycles. The van der Waals surface area contributed by atoms with Crippen LogP contribution in [0.4, 0.5) is 13.2 Å². The zero-order chi connectivity index (χ0) is 21.1. The van der Waals surface area contributed by atoms with Crippen LogP contribution in [0.1, 0.15) is 27.9 Å². The second kappa shape index (κ2) is 8.29. The number of pyridine rings is 1. The molecule has 0 unspecified atom stereocenters. The summed E-state index contributed by atoms with van der Waals surface area (Å²) in [5, 5.41) is 3.65. The molecule has 0 saturated carbocycles. The maximum atomic E-state index is 13.6. The first-order valence-electron chi connectivity index (χ1n) is 9.00. The van der Waals surface area contributed by atoms with E-state index in [-0.39, 0.29) is 5.56 Å². The van der Waals surface area contributed by atoms with Gasteiger partial charge in [0.15, 0.2) is 0 Å². The van der Waals surface area contributed by atoms with E-state index in [2.05, 4.69) is 16.9 Å². The lowest BCUT2D eigenvalue weighted by Gasteiger charge is -2.36. The quantitative estimate of drug-likeness (QED) is 0.511. The van der Waals surface area contributed by atoms with E-state index < -0.39 is 17.3 Å². The van der Waals surface area contributed by atoms with E-state index in [4.69, 9.17) is 11.6 Å². The lowest BCUT2D eigenvalue weighted by Crippen LogP contribution is -2.44. The number of nitrogens with one attached hydrogen (secondary N) is 1. The number of nitrogens with zero attached hydrogens (tertiary/aromatic N) is 1. The number of benzene rings is 2. The van der Waals surface area contributed by atoms with Gasteiger partial charge in [-0.15, -0.1) is 0 Å². The minimum absolute atomic E-state index is 0.141. The third kappa shape index (κ3) is 4.30. The van der Waals surface area contributed by atoms with Crippen LogP contribution in [0.3, 0.4) is 0 Å². The van der Waals surface area contributed by atoms with Gasteiger partial charge < -0.3 is 5.32 Å². The molecule has 0 fully saturated rings. The molecule has 1 aromatic heterocycles. The predicted molar refractivity (Wildman–Crippen MR) is 110 cm³/mol. The minimum Gasteiger partial charge on any atom is -0.377 e. The van der Waals surface area contributed by atoms with Gasteiger partial charge in [0.25, 0.3) is 0 Å². The average molecular weight is 417 g/mol. The summed E-state index contributed by atoms with van der Waals surface area (Å²) < 4.78 is 40.8. The van der Waals surface area contributed by atoms with Crippen molar-refractivity contribution in [2.45, 2.75) is 25.1 Å². The minimum atomic E-state index is -4.46. The summed E-state index contributed by atoms with van der Waals surface area (Å²) in [5.41, 5.74) is 0.377. The monoisotopic (exact) mass is 416 g/mol. The van der Waals surface area contributed by atoms with Crippen molar-refractivity contribution in [3.05, 3.63) is 113 Å². The second-order valence-corrected chi connectivity index (χ2v) is 7.19. The first kappa shape index (κ1) is 20.9. The Bertz CT molecular complexity index is 985. The zero-order valence-electron chi connectivity index (χ0n) is 15.8. The Labute approximate surface area is 173 Å². The highest BCUT2D eigenvalue weighted by Gasteiger charge is 2.40. The van der Waals surface area contributed by atoms with Gasteiger partial charge >= 0.3 is 6.18 Å². The smallest absolute Gasteiger partial charge is 0.377 e. The molecule has 3 rings (SSSR count). The molecule has 2 nitrogen and oxygen atoms in total. The van der Waals surface area contributed by atoms with Crippen molar-refractivity contribution >= 4 is 11.6 Å². The highest BCUT2D eigenvalue weighted by molar-refractivity contribution is 6.30. The lowest BCUT2D eigenvalue weighted by atomic mass is 9.77. The Balaban J connectivity index is 2.30. The van der Waals surface area contributed by atoms with E-state index in [1.54, 1.807) is 18.2 Å². The fourth-order valence-electron chi connectivity index (χ4n) is 3.64. The van der Waals surface area contributed by atoms with Gasteiger partial charge in [-0.1, -0.05) is 60.6 Å². The molecule has 0 saturated heterocycles. The van der Waals surface area contributed by atoms with E-state index >= 15 is 0 Å². The summed E-state index contributed by atoms with van der Waals surface area (Å²) in [6.07, 6.45) is -1.11. The molecule has 0 aliphatic carbocycles. The van der Waals surface area contributed by atoms with Crippen LogP contribution in [0.15, 0.2) is 79.6 Å². The van der Waals surface area contributed by atoms with Crippen molar-refractivity contribution in [1.82, 2.24) is 10.3 Å². The average Bonchev–Trinajstić information content (AvgIpc) is 2.68. The molecule has 0 bridgehead atoms. The van der Waals surface area contributed by atoms with Crippen LogP contribution in [0.2, 0.25) is 5.02 Å². The molecule has 3 aromatic rings. The Hall–Kier alpha value is -2.79. The molecule has 6 heteroatoms. The molecular formula is C23H20ClF3N2. The molecule has 1 atom stereocenters. The second-order valence-electron chi connectivity index (χ2n) is 6.75. The molecule has 1 N–H and O–H groups in total. The molecule has 0 amide bonds. The molecule has 0 aliphatic rings. The van der Waals surface area contributed by atoms with Gasteiger partial charge in [0.2, 0.25) is 0 Å². The van der Waals surface area contributed by atoms with Gasteiger partial charge in [-0.25, -0.2) is 0 Å². The van der Waals surface area contributed by atoms with Crippen LogP contribution in [0, 0.1) is 6.92 Å². The van der Waals surface area contributed by atoms with Crippen molar-refractivity contribution in [3.8, 4) is 0 Å². The van der Waals surface area contributed by atoms with E-state index in [1.807, 2.05) is 30.3 Å². The molecular weight excluding hydrogens is 397 g/mol. The van der Waals surface area contributed by atoms with Crippen molar-refractivity contribution in [2.75, 3.05) is 0 Å². The van der Waals surface area contributed by atoms with Gasteiger partial charge in [-0.05, 0) is 48.0 Å². The fourth-order valence-corrected chi connectivity index (χ4v) is 3.75. The Kier molecular flexibility index (Phi) is 5.99. The van der Waals surface area contributed by atoms with Gasteiger partial charge in [-0.2, -0.15) is 13.2 Å². The van der Waals surface area contributed by atoms with Crippen LogP contribution in [-0.2, 0) is 18.1 Å². The van der Waals surface area contributed by atoms with Crippen LogP contribution < -0.4 is 5.32 Å². The molecule has 0 spiro atoms. The molecule has 29 heavy (non-hydrogen) atoms. The summed E-state index contributed by atoms with van der Waals surface area (Å²) in [4.78, 5) is 4.45. The molecule has 0 radical (unpaired) electrons. The van der Waals surface area contributed by atoms with Crippen molar-refractivity contribution in [1.29, 1.82) is 0 Å². The highest BCUT2D eigenvalue weighted by atomic mass is 35.5. The predicted octanol–water partition coefficient (Wildman–Crippen LogP) is 6.28. The van der Waals surface area contributed by atoms with Crippen molar-refractivity contribution in [3.63, 3.8) is 0 Å². The number of hydrogen-bond acceptors (Lipinski definition) is 2.